The second-order valence-electron chi connectivity index (χ2n) is 8.26. The molecule has 3 heterocycles. The number of carbonyl (C=O) groups excluding carboxylic acids is 3. The van der Waals surface area contributed by atoms with Gasteiger partial charge in [0.25, 0.3) is 5.91 Å². The third-order valence-electron chi connectivity index (χ3n) is 6.34. The van der Waals surface area contributed by atoms with Crippen molar-refractivity contribution in [1.82, 2.24) is 25.0 Å². The first kappa shape index (κ1) is 19.8. The van der Waals surface area contributed by atoms with Crippen LogP contribution in [0.2, 0.25) is 0 Å². The summed E-state index contributed by atoms with van der Waals surface area (Å²) in [6, 6.07) is 5.55. The summed E-state index contributed by atoms with van der Waals surface area (Å²) in [5.41, 5.74) is 0.317. The highest BCUT2D eigenvalue weighted by atomic mass is 16.2. The zero-order valence-electron chi connectivity index (χ0n) is 16.8. The largest absolute Gasteiger partial charge is 0.340 e. The normalized spacial score (nSPS) is 22.2. The smallest absolute Gasteiger partial charge is 0.325 e. The van der Waals surface area contributed by atoms with E-state index in [0.717, 1.165) is 44.6 Å². The first-order valence-corrected chi connectivity index (χ1v) is 10.6. The first-order valence-electron chi connectivity index (χ1n) is 10.6. The molecule has 2 aliphatic heterocycles. The van der Waals surface area contributed by atoms with Gasteiger partial charge in [-0.25, -0.2) is 4.79 Å². The summed E-state index contributed by atoms with van der Waals surface area (Å²) in [5, 5.41) is 2.90. The lowest BCUT2D eigenvalue weighted by Gasteiger charge is -2.34. The molecule has 1 aromatic rings. The van der Waals surface area contributed by atoms with Crippen molar-refractivity contribution in [2.24, 2.45) is 0 Å². The van der Waals surface area contributed by atoms with Gasteiger partial charge in [0.1, 0.15) is 5.54 Å². The molecule has 3 fully saturated rings. The molecule has 156 valence electrons. The highest BCUT2D eigenvalue weighted by Gasteiger charge is 2.51. The molecule has 3 aliphatic rings. The molecule has 8 nitrogen and oxygen atoms in total. The number of nitrogens with zero attached hydrogens (tertiary/aromatic N) is 4. The molecule has 4 rings (SSSR count). The number of amides is 4. The molecular weight excluding hydrogens is 370 g/mol. The molecular formula is C21H29N5O3. The molecule has 1 saturated carbocycles. The molecule has 8 heteroatoms. The van der Waals surface area contributed by atoms with Crippen LogP contribution in [-0.4, -0.2) is 75.8 Å². The maximum atomic E-state index is 12.8. The topological polar surface area (TPSA) is 85.8 Å². The lowest BCUT2D eigenvalue weighted by atomic mass is 9.82. The molecule has 1 N–H and O–H groups in total. The number of nitrogens with one attached hydrogen (secondary N) is 1. The summed E-state index contributed by atoms with van der Waals surface area (Å²) in [4.78, 5) is 47.5. The minimum absolute atomic E-state index is 0.00711. The van der Waals surface area contributed by atoms with Crippen molar-refractivity contribution in [3.63, 3.8) is 0 Å². The van der Waals surface area contributed by atoms with Crippen LogP contribution in [0.4, 0.5) is 4.79 Å². The van der Waals surface area contributed by atoms with Crippen molar-refractivity contribution in [3.05, 3.63) is 30.1 Å². The molecule has 1 aliphatic carbocycles. The van der Waals surface area contributed by atoms with Crippen LogP contribution in [0, 0.1) is 0 Å². The standard InChI is InChI=1S/C21H29N5O3/c27-18(25-14-12-24(13-15-25)16-17-6-2-5-10-22-17)7-11-26-19(28)21(23-20(26)29)8-3-1-4-9-21/h2,5-6,10H,1,3-4,7-9,11-16H2,(H,23,29). The lowest BCUT2D eigenvalue weighted by molar-refractivity contribution is -0.135. The van der Waals surface area contributed by atoms with Crippen molar-refractivity contribution in [3.8, 4) is 0 Å². The van der Waals surface area contributed by atoms with Gasteiger partial charge in [0.2, 0.25) is 5.91 Å². The first-order chi connectivity index (χ1) is 14.1. The summed E-state index contributed by atoms with van der Waals surface area (Å²) in [7, 11) is 0. The lowest BCUT2D eigenvalue weighted by Crippen LogP contribution is -2.49. The van der Waals surface area contributed by atoms with E-state index in [2.05, 4.69) is 15.2 Å². The molecule has 0 bridgehead atoms. The Labute approximate surface area is 171 Å². The Morgan fingerprint density at radius 1 is 1.07 bits per heavy atom. The Hall–Kier alpha value is -2.48. The average molecular weight is 399 g/mol. The van der Waals surface area contributed by atoms with Gasteiger partial charge in [-0.3, -0.25) is 24.4 Å². The Bertz CT molecular complexity index is 755. The second-order valence-corrected chi connectivity index (χ2v) is 8.26. The number of urea groups is 1. The van der Waals surface area contributed by atoms with E-state index in [9.17, 15) is 14.4 Å². The summed E-state index contributed by atoms with van der Waals surface area (Å²) >= 11 is 0. The van der Waals surface area contributed by atoms with E-state index in [0.29, 0.717) is 25.9 Å². The monoisotopic (exact) mass is 399 g/mol. The predicted octanol–water partition coefficient (Wildman–Crippen LogP) is 1.37. The molecule has 29 heavy (non-hydrogen) atoms. The zero-order chi connectivity index (χ0) is 20.3. The number of imide groups is 1. The van der Waals surface area contributed by atoms with Crippen LogP contribution in [0.15, 0.2) is 24.4 Å². The number of aromatic nitrogens is 1. The Morgan fingerprint density at radius 3 is 2.52 bits per heavy atom. The number of hydrogen-bond acceptors (Lipinski definition) is 5. The van der Waals surface area contributed by atoms with E-state index in [1.165, 1.54) is 4.90 Å². The van der Waals surface area contributed by atoms with Crippen molar-refractivity contribution >= 4 is 17.8 Å². The van der Waals surface area contributed by atoms with Gasteiger partial charge >= 0.3 is 6.03 Å². The fourth-order valence-corrected chi connectivity index (χ4v) is 4.62. The van der Waals surface area contributed by atoms with Gasteiger partial charge in [-0.2, -0.15) is 0 Å². The van der Waals surface area contributed by atoms with Gasteiger partial charge in [0, 0.05) is 51.9 Å². The molecule has 1 spiro atoms. The highest BCUT2D eigenvalue weighted by Crippen LogP contribution is 2.33. The van der Waals surface area contributed by atoms with Crippen molar-refractivity contribution in [2.45, 2.75) is 50.6 Å². The number of carbonyl (C=O) groups is 3. The maximum Gasteiger partial charge on any atom is 0.325 e. The van der Waals surface area contributed by atoms with Crippen LogP contribution >= 0.6 is 0 Å². The Morgan fingerprint density at radius 2 is 1.83 bits per heavy atom. The average Bonchev–Trinajstić information content (AvgIpc) is 2.97. The van der Waals surface area contributed by atoms with Gasteiger partial charge in [-0.1, -0.05) is 25.3 Å². The molecule has 0 aromatic carbocycles. The van der Waals surface area contributed by atoms with Crippen LogP contribution in [-0.2, 0) is 16.1 Å². The predicted molar refractivity (Wildman–Crippen MR) is 107 cm³/mol. The van der Waals surface area contributed by atoms with Crippen molar-refractivity contribution in [2.75, 3.05) is 32.7 Å². The fourth-order valence-electron chi connectivity index (χ4n) is 4.62. The minimum atomic E-state index is -0.713. The van der Waals surface area contributed by atoms with E-state index in [1.54, 1.807) is 6.20 Å². The van der Waals surface area contributed by atoms with Crippen LogP contribution in [0.25, 0.3) is 0 Å². The van der Waals surface area contributed by atoms with Gasteiger partial charge in [-0.05, 0) is 25.0 Å². The highest BCUT2D eigenvalue weighted by molar-refractivity contribution is 6.07. The third-order valence-corrected chi connectivity index (χ3v) is 6.34. The summed E-state index contributed by atoms with van der Waals surface area (Å²) < 4.78 is 0. The van der Waals surface area contributed by atoms with Crippen LogP contribution in [0.1, 0.15) is 44.2 Å². The summed E-state index contributed by atoms with van der Waals surface area (Å²) in [6.07, 6.45) is 6.43. The summed E-state index contributed by atoms with van der Waals surface area (Å²) in [5.74, 6) is -0.136. The van der Waals surface area contributed by atoms with Gasteiger partial charge < -0.3 is 10.2 Å². The zero-order valence-corrected chi connectivity index (χ0v) is 16.8. The van der Waals surface area contributed by atoms with E-state index >= 15 is 0 Å². The Kier molecular flexibility index (Phi) is 5.80. The van der Waals surface area contributed by atoms with E-state index in [1.807, 2.05) is 23.1 Å². The van der Waals surface area contributed by atoms with Gasteiger partial charge in [-0.15, -0.1) is 0 Å². The Balaban J connectivity index is 1.24. The van der Waals surface area contributed by atoms with E-state index in [4.69, 9.17) is 0 Å². The molecule has 0 atom stereocenters. The minimum Gasteiger partial charge on any atom is -0.340 e. The number of piperazine rings is 1. The van der Waals surface area contributed by atoms with E-state index in [-0.39, 0.29) is 30.8 Å². The third kappa shape index (κ3) is 4.27. The fraction of sp³-hybridized carbons (Fsp3) is 0.619. The molecule has 0 unspecified atom stereocenters. The molecule has 2 saturated heterocycles. The van der Waals surface area contributed by atoms with Gasteiger partial charge in [0.15, 0.2) is 0 Å². The number of rotatable bonds is 5. The van der Waals surface area contributed by atoms with Crippen molar-refractivity contribution < 1.29 is 14.4 Å². The maximum absolute atomic E-state index is 12.8. The summed E-state index contributed by atoms with van der Waals surface area (Å²) in [6.45, 7) is 3.88. The van der Waals surface area contributed by atoms with Crippen LogP contribution in [0.3, 0.4) is 0 Å². The molecule has 4 amide bonds. The second kappa shape index (κ2) is 8.49. The van der Waals surface area contributed by atoms with Crippen LogP contribution < -0.4 is 5.32 Å². The number of hydrogen-bond donors (Lipinski definition) is 1. The molecule has 0 radical (unpaired) electrons. The SMILES string of the molecule is O=C(CCN1C(=O)NC2(CCCCC2)C1=O)N1CCN(Cc2ccccn2)CC1. The number of pyridine rings is 1. The van der Waals surface area contributed by atoms with Crippen molar-refractivity contribution in [1.29, 1.82) is 0 Å². The molecule has 1 aromatic heterocycles. The quantitative estimate of drug-likeness (QED) is 0.756. The van der Waals surface area contributed by atoms with E-state index < -0.39 is 5.54 Å². The van der Waals surface area contributed by atoms with Crippen LogP contribution in [0.5, 0.6) is 0 Å². The van der Waals surface area contributed by atoms with Gasteiger partial charge in [0.05, 0.1) is 5.69 Å².